The molecule has 0 heterocycles. The van der Waals surface area contributed by atoms with Crippen molar-refractivity contribution in [1.29, 1.82) is 0 Å². The van der Waals surface area contributed by atoms with E-state index in [1.54, 1.807) is 13.8 Å². The fraction of sp³-hybridized carbons (Fsp3) is 0.562. The average molecular weight is 341 g/mol. The topological polar surface area (TPSA) is 69.7 Å². The van der Waals surface area contributed by atoms with Crippen LogP contribution in [-0.4, -0.2) is 49.6 Å². The molecular formula is C16H27N3O3S. The van der Waals surface area contributed by atoms with Gasteiger partial charge in [-0.3, -0.25) is 4.79 Å². The number of likely N-dealkylation sites (N-methyl/N-ethyl adjacent to an activating group) is 1. The highest BCUT2D eigenvalue weighted by atomic mass is 32.2. The highest BCUT2D eigenvalue weighted by molar-refractivity contribution is 7.86. The van der Waals surface area contributed by atoms with Crippen LogP contribution in [-0.2, 0) is 15.0 Å². The monoisotopic (exact) mass is 341 g/mol. The molecule has 7 heteroatoms. The molecular weight excluding hydrogens is 314 g/mol. The number of rotatable bonds is 7. The lowest BCUT2D eigenvalue weighted by Gasteiger charge is -2.25. The third-order valence-corrected chi connectivity index (χ3v) is 5.82. The summed E-state index contributed by atoms with van der Waals surface area (Å²) in [7, 11) is -2.19. The van der Waals surface area contributed by atoms with Crippen LogP contribution in [0.2, 0.25) is 0 Å². The molecule has 1 aromatic rings. The molecule has 0 aliphatic carbocycles. The molecule has 0 atom stereocenters. The molecule has 0 aliphatic rings. The van der Waals surface area contributed by atoms with Crippen LogP contribution in [0.3, 0.4) is 0 Å². The van der Waals surface area contributed by atoms with E-state index in [-0.39, 0.29) is 12.5 Å². The zero-order valence-electron chi connectivity index (χ0n) is 14.8. The zero-order chi connectivity index (χ0) is 17.8. The fourth-order valence-electron chi connectivity index (χ4n) is 2.59. The first kappa shape index (κ1) is 19.6. The van der Waals surface area contributed by atoms with Crippen LogP contribution in [0, 0.1) is 20.8 Å². The Morgan fingerprint density at radius 3 is 2.00 bits per heavy atom. The number of amides is 1. The SMILES string of the molecule is CCN(CC)S(=O)(=O)N(C)CC(=O)Nc1c(C)cc(C)cc1C. The molecule has 1 N–H and O–H groups in total. The number of hydrogen-bond acceptors (Lipinski definition) is 3. The standard InChI is InChI=1S/C16H27N3O3S/c1-7-19(8-2)23(21,22)18(6)11-15(20)17-16-13(4)9-12(3)10-14(16)5/h9-10H,7-8,11H2,1-6H3,(H,17,20). The molecule has 130 valence electrons. The lowest BCUT2D eigenvalue weighted by Crippen LogP contribution is -2.44. The predicted octanol–water partition coefficient (Wildman–Crippen LogP) is 2.07. The van der Waals surface area contributed by atoms with E-state index in [2.05, 4.69) is 5.32 Å². The van der Waals surface area contributed by atoms with Crippen molar-refractivity contribution >= 4 is 21.8 Å². The van der Waals surface area contributed by atoms with Gasteiger partial charge in [0.15, 0.2) is 0 Å². The minimum atomic E-state index is -3.61. The van der Waals surface area contributed by atoms with Crippen molar-refractivity contribution in [2.24, 2.45) is 0 Å². The van der Waals surface area contributed by atoms with E-state index in [0.717, 1.165) is 26.7 Å². The summed E-state index contributed by atoms with van der Waals surface area (Å²) in [5.74, 6) is -0.349. The number of carbonyl (C=O) groups excluding carboxylic acids is 1. The van der Waals surface area contributed by atoms with Crippen molar-refractivity contribution in [2.45, 2.75) is 34.6 Å². The van der Waals surface area contributed by atoms with Crippen molar-refractivity contribution in [3.8, 4) is 0 Å². The van der Waals surface area contributed by atoms with Gasteiger partial charge in [-0.15, -0.1) is 0 Å². The first-order valence-corrected chi connectivity index (χ1v) is 9.12. The summed E-state index contributed by atoms with van der Waals surface area (Å²) in [4.78, 5) is 12.2. The van der Waals surface area contributed by atoms with E-state index in [0.29, 0.717) is 13.1 Å². The Morgan fingerprint density at radius 2 is 1.57 bits per heavy atom. The lowest BCUT2D eigenvalue weighted by molar-refractivity contribution is -0.116. The third-order valence-electron chi connectivity index (χ3n) is 3.73. The fourth-order valence-corrected chi connectivity index (χ4v) is 3.91. The summed E-state index contributed by atoms with van der Waals surface area (Å²) in [6.07, 6.45) is 0. The Bertz CT molecular complexity index is 644. The van der Waals surface area contributed by atoms with Gasteiger partial charge in [0.2, 0.25) is 5.91 Å². The second-order valence-electron chi connectivity index (χ2n) is 5.67. The van der Waals surface area contributed by atoms with Gasteiger partial charge in [0.1, 0.15) is 0 Å². The van der Waals surface area contributed by atoms with Gasteiger partial charge in [-0.2, -0.15) is 17.0 Å². The summed E-state index contributed by atoms with van der Waals surface area (Å²) in [5.41, 5.74) is 3.80. The average Bonchev–Trinajstić information content (AvgIpc) is 2.43. The maximum atomic E-state index is 12.3. The molecule has 0 bridgehead atoms. The Kier molecular flexibility index (Phi) is 6.73. The minimum absolute atomic E-state index is 0.217. The lowest BCUT2D eigenvalue weighted by atomic mass is 10.1. The largest absolute Gasteiger partial charge is 0.324 e. The second-order valence-corrected chi connectivity index (χ2v) is 7.71. The van der Waals surface area contributed by atoms with Gasteiger partial charge in [0.25, 0.3) is 10.2 Å². The summed E-state index contributed by atoms with van der Waals surface area (Å²) in [5, 5.41) is 2.82. The molecule has 0 unspecified atom stereocenters. The third kappa shape index (κ3) is 4.76. The van der Waals surface area contributed by atoms with Crippen molar-refractivity contribution in [2.75, 3.05) is 32.0 Å². The van der Waals surface area contributed by atoms with E-state index in [1.165, 1.54) is 11.4 Å². The van der Waals surface area contributed by atoms with Gasteiger partial charge >= 0.3 is 0 Å². The molecule has 0 aliphatic heterocycles. The molecule has 0 saturated heterocycles. The van der Waals surface area contributed by atoms with Crippen molar-refractivity contribution < 1.29 is 13.2 Å². The first-order chi connectivity index (χ1) is 10.6. The number of nitrogens with one attached hydrogen (secondary N) is 1. The van der Waals surface area contributed by atoms with Crippen LogP contribution >= 0.6 is 0 Å². The molecule has 0 radical (unpaired) electrons. The first-order valence-electron chi connectivity index (χ1n) is 7.72. The number of aryl methyl sites for hydroxylation is 3. The quantitative estimate of drug-likeness (QED) is 0.825. The van der Waals surface area contributed by atoms with E-state index in [9.17, 15) is 13.2 Å². The van der Waals surface area contributed by atoms with Gasteiger partial charge in [-0.1, -0.05) is 31.5 Å². The van der Waals surface area contributed by atoms with Crippen LogP contribution in [0.4, 0.5) is 5.69 Å². The molecule has 0 spiro atoms. The Hall–Kier alpha value is -1.44. The molecule has 0 aromatic heterocycles. The highest BCUT2D eigenvalue weighted by Crippen LogP contribution is 2.21. The summed E-state index contributed by atoms with van der Waals surface area (Å²) in [6, 6.07) is 3.97. The van der Waals surface area contributed by atoms with Crippen LogP contribution < -0.4 is 5.32 Å². The van der Waals surface area contributed by atoms with Crippen LogP contribution in [0.15, 0.2) is 12.1 Å². The molecule has 23 heavy (non-hydrogen) atoms. The molecule has 0 fully saturated rings. The second kappa shape index (κ2) is 7.90. The van der Waals surface area contributed by atoms with Gasteiger partial charge in [0.05, 0.1) is 6.54 Å². The number of hydrogen-bond donors (Lipinski definition) is 1. The molecule has 1 aromatic carbocycles. The van der Waals surface area contributed by atoms with Crippen molar-refractivity contribution in [1.82, 2.24) is 8.61 Å². The Labute approximate surface area is 139 Å². The molecule has 0 saturated carbocycles. The van der Waals surface area contributed by atoms with Crippen molar-refractivity contribution in [3.05, 3.63) is 28.8 Å². The van der Waals surface area contributed by atoms with E-state index < -0.39 is 10.2 Å². The predicted molar refractivity (Wildman–Crippen MR) is 93.8 cm³/mol. The maximum absolute atomic E-state index is 12.3. The number of benzene rings is 1. The number of nitrogens with zero attached hydrogens (tertiary/aromatic N) is 2. The van der Waals surface area contributed by atoms with Crippen LogP contribution in [0.25, 0.3) is 0 Å². The van der Waals surface area contributed by atoms with Gasteiger partial charge in [-0.05, 0) is 31.9 Å². The van der Waals surface area contributed by atoms with E-state index >= 15 is 0 Å². The summed E-state index contributed by atoms with van der Waals surface area (Å²) >= 11 is 0. The van der Waals surface area contributed by atoms with Crippen molar-refractivity contribution in [3.63, 3.8) is 0 Å². The number of anilines is 1. The number of carbonyl (C=O) groups is 1. The normalized spacial score (nSPS) is 12.0. The Balaban J connectivity index is 2.85. The van der Waals surface area contributed by atoms with Gasteiger partial charge < -0.3 is 5.32 Å². The highest BCUT2D eigenvalue weighted by Gasteiger charge is 2.26. The Morgan fingerprint density at radius 1 is 1.09 bits per heavy atom. The molecule has 1 amide bonds. The summed E-state index contributed by atoms with van der Waals surface area (Å²) in [6.45, 7) is 9.92. The van der Waals surface area contributed by atoms with E-state index in [1.807, 2.05) is 32.9 Å². The minimum Gasteiger partial charge on any atom is -0.324 e. The van der Waals surface area contributed by atoms with Gasteiger partial charge in [-0.25, -0.2) is 0 Å². The van der Waals surface area contributed by atoms with Gasteiger partial charge in [0, 0.05) is 25.8 Å². The van der Waals surface area contributed by atoms with Crippen LogP contribution in [0.1, 0.15) is 30.5 Å². The zero-order valence-corrected chi connectivity index (χ0v) is 15.6. The smallest absolute Gasteiger partial charge is 0.282 e. The van der Waals surface area contributed by atoms with E-state index in [4.69, 9.17) is 0 Å². The summed E-state index contributed by atoms with van der Waals surface area (Å²) < 4.78 is 27.1. The molecule has 1 rings (SSSR count). The maximum Gasteiger partial charge on any atom is 0.282 e. The molecule has 6 nitrogen and oxygen atoms in total. The van der Waals surface area contributed by atoms with Crippen LogP contribution in [0.5, 0.6) is 0 Å².